The molecule has 1 aromatic heterocycles. The maximum Gasteiger partial charge on any atom is 0.188 e. The fraction of sp³-hybridized carbons (Fsp3) is 0.368. The van der Waals surface area contributed by atoms with Crippen molar-refractivity contribution in [1.82, 2.24) is 14.8 Å². The highest BCUT2D eigenvalue weighted by molar-refractivity contribution is 9.11. The number of hydrogen-bond acceptors (Lipinski definition) is 4. The third kappa shape index (κ3) is 6.20. The summed E-state index contributed by atoms with van der Waals surface area (Å²) in [6.07, 6.45) is 2.89. The SMILES string of the molecule is N=C(N)N1CCCN(Cc2cccnc2SCc2cc(Br)cc(Br)c2)CC1. The van der Waals surface area contributed by atoms with E-state index in [-0.39, 0.29) is 5.96 Å². The molecule has 5 nitrogen and oxygen atoms in total. The van der Waals surface area contributed by atoms with Crippen molar-refractivity contribution in [3.63, 3.8) is 0 Å². The number of nitrogens with zero attached hydrogens (tertiary/aromatic N) is 3. The molecule has 1 fully saturated rings. The van der Waals surface area contributed by atoms with E-state index in [9.17, 15) is 0 Å². The number of nitrogens with two attached hydrogens (primary N) is 1. The molecule has 0 atom stereocenters. The molecule has 144 valence electrons. The molecule has 1 aliphatic rings. The Bertz CT molecular complexity index is 781. The van der Waals surface area contributed by atoms with Gasteiger partial charge in [-0.05, 0) is 41.8 Å². The van der Waals surface area contributed by atoms with Crippen LogP contribution in [-0.2, 0) is 12.3 Å². The van der Waals surface area contributed by atoms with E-state index < -0.39 is 0 Å². The summed E-state index contributed by atoms with van der Waals surface area (Å²) in [4.78, 5) is 9.00. The summed E-state index contributed by atoms with van der Waals surface area (Å²) in [7, 11) is 0. The molecule has 0 unspecified atom stereocenters. The Labute approximate surface area is 181 Å². The number of pyridine rings is 1. The van der Waals surface area contributed by atoms with Crippen LogP contribution in [0.5, 0.6) is 0 Å². The van der Waals surface area contributed by atoms with Gasteiger partial charge in [-0.3, -0.25) is 10.3 Å². The number of halogens is 2. The van der Waals surface area contributed by atoms with Crippen LogP contribution in [0, 0.1) is 5.41 Å². The van der Waals surface area contributed by atoms with E-state index in [1.54, 1.807) is 11.8 Å². The van der Waals surface area contributed by atoms with E-state index in [0.29, 0.717) is 0 Å². The van der Waals surface area contributed by atoms with Gasteiger partial charge in [0.15, 0.2) is 5.96 Å². The first-order valence-electron chi connectivity index (χ1n) is 8.84. The van der Waals surface area contributed by atoms with Gasteiger partial charge in [-0.15, -0.1) is 11.8 Å². The minimum Gasteiger partial charge on any atom is -0.370 e. The van der Waals surface area contributed by atoms with Crippen LogP contribution in [0.2, 0.25) is 0 Å². The van der Waals surface area contributed by atoms with E-state index in [1.165, 1.54) is 11.1 Å². The average molecular weight is 513 g/mol. The Morgan fingerprint density at radius 1 is 1.15 bits per heavy atom. The van der Waals surface area contributed by atoms with Crippen LogP contribution < -0.4 is 5.73 Å². The Morgan fingerprint density at radius 2 is 1.93 bits per heavy atom. The molecule has 1 aromatic carbocycles. The zero-order valence-electron chi connectivity index (χ0n) is 15.0. The normalized spacial score (nSPS) is 15.6. The zero-order valence-corrected chi connectivity index (χ0v) is 19.0. The molecule has 1 aliphatic heterocycles. The Morgan fingerprint density at radius 3 is 2.67 bits per heavy atom. The summed E-state index contributed by atoms with van der Waals surface area (Å²) in [5.74, 6) is 1.05. The number of hydrogen-bond donors (Lipinski definition) is 2. The second kappa shape index (κ2) is 9.91. The largest absolute Gasteiger partial charge is 0.370 e. The number of guanidine groups is 1. The van der Waals surface area contributed by atoms with Crippen LogP contribution in [0.4, 0.5) is 0 Å². The minimum atomic E-state index is 0.176. The molecular weight excluding hydrogens is 490 g/mol. The fourth-order valence-electron chi connectivity index (χ4n) is 3.13. The molecule has 27 heavy (non-hydrogen) atoms. The molecule has 0 aliphatic carbocycles. The lowest BCUT2D eigenvalue weighted by Gasteiger charge is -2.22. The van der Waals surface area contributed by atoms with Crippen molar-refractivity contribution >= 4 is 49.6 Å². The Hall–Kier alpha value is -1.09. The maximum atomic E-state index is 7.64. The van der Waals surface area contributed by atoms with Crippen molar-refractivity contribution in [3.05, 3.63) is 56.6 Å². The summed E-state index contributed by atoms with van der Waals surface area (Å²) < 4.78 is 2.15. The minimum absolute atomic E-state index is 0.176. The number of thioether (sulfide) groups is 1. The number of benzene rings is 1. The third-order valence-corrected chi connectivity index (χ3v) is 6.51. The summed E-state index contributed by atoms with van der Waals surface area (Å²) in [5.41, 5.74) is 8.16. The molecule has 3 N–H and O–H groups in total. The van der Waals surface area contributed by atoms with Crippen LogP contribution >= 0.6 is 43.6 Å². The van der Waals surface area contributed by atoms with Crippen molar-refractivity contribution < 1.29 is 0 Å². The standard InChI is InChI=1S/C19H23Br2N5S/c20-16-9-14(10-17(21)11-16)13-27-18-15(3-1-4-24-18)12-25-5-2-6-26(8-7-25)19(22)23/h1,3-4,9-11H,2,5-8,12-13H2,(H3,22,23). The zero-order chi connectivity index (χ0) is 19.2. The number of aromatic nitrogens is 1. The third-order valence-electron chi connectivity index (χ3n) is 4.47. The first-order valence-corrected chi connectivity index (χ1v) is 11.4. The van der Waals surface area contributed by atoms with Crippen molar-refractivity contribution in [1.29, 1.82) is 5.41 Å². The van der Waals surface area contributed by atoms with Gasteiger partial charge in [0.2, 0.25) is 0 Å². The highest BCUT2D eigenvalue weighted by Crippen LogP contribution is 2.28. The van der Waals surface area contributed by atoms with Crippen LogP contribution in [0.1, 0.15) is 17.5 Å². The van der Waals surface area contributed by atoms with Gasteiger partial charge in [-0.2, -0.15) is 0 Å². The second-order valence-electron chi connectivity index (χ2n) is 6.54. The fourth-order valence-corrected chi connectivity index (χ4v) is 5.44. The van der Waals surface area contributed by atoms with Gasteiger partial charge < -0.3 is 10.6 Å². The molecule has 2 heterocycles. The lowest BCUT2D eigenvalue weighted by Crippen LogP contribution is -2.39. The lowest BCUT2D eigenvalue weighted by molar-refractivity contribution is 0.275. The van der Waals surface area contributed by atoms with Crippen LogP contribution in [0.3, 0.4) is 0 Å². The Kier molecular flexibility index (Phi) is 7.57. The van der Waals surface area contributed by atoms with Gasteiger partial charge in [-0.1, -0.05) is 37.9 Å². The highest BCUT2D eigenvalue weighted by Gasteiger charge is 2.17. The Balaban J connectivity index is 1.64. The van der Waals surface area contributed by atoms with E-state index in [4.69, 9.17) is 11.1 Å². The smallest absolute Gasteiger partial charge is 0.188 e. The summed E-state index contributed by atoms with van der Waals surface area (Å²) in [6, 6.07) is 10.5. The first kappa shape index (κ1) is 20.6. The summed E-state index contributed by atoms with van der Waals surface area (Å²) >= 11 is 8.88. The molecule has 0 bridgehead atoms. The van der Waals surface area contributed by atoms with E-state index in [0.717, 1.165) is 58.9 Å². The van der Waals surface area contributed by atoms with E-state index in [1.807, 2.05) is 23.2 Å². The van der Waals surface area contributed by atoms with E-state index >= 15 is 0 Å². The van der Waals surface area contributed by atoms with Crippen molar-refractivity contribution in [2.45, 2.75) is 23.7 Å². The lowest BCUT2D eigenvalue weighted by atomic mass is 10.2. The molecule has 0 amide bonds. The van der Waals surface area contributed by atoms with Gasteiger partial charge in [-0.25, -0.2) is 4.98 Å². The van der Waals surface area contributed by atoms with Crippen molar-refractivity contribution in [3.8, 4) is 0 Å². The predicted molar refractivity (Wildman–Crippen MR) is 119 cm³/mol. The molecule has 8 heteroatoms. The summed E-state index contributed by atoms with van der Waals surface area (Å²) in [5, 5.41) is 8.72. The molecule has 0 radical (unpaired) electrons. The van der Waals surface area contributed by atoms with E-state index in [2.05, 4.69) is 59.9 Å². The highest BCUT2D eigenvalue weighted by atomic mass is 79.9. The first-order chi connectivity index (χ1) is 13.0. The van der Waals surface area contributed by atoms with Gasteiger partial charge in [0, 0.05) is 53.6 Å². The molecule has 3 rings (SSSR count). The number of rotatable bonds is 5. The molecule has 0 saturated carbocycles. The van der Waals surface area contributed by atoms with Crippen LogP contribution in [0.15, 0.2) is 50.5 Å². The maximum absolute atomic E-state index is 7.64. The monoisotopic (exact) mass is 511 g/mol. The molecular formula is C19H23Br2N5S. The quantitative estimate of drug-likeness (QED) is 0.355. The van der Waals surface area contributed by atoms with Gasteiger partial charge >= 0.3 is 0 Å². The topological polar surface area (TPSA) is 69.2 Å². The molecule has 0 spiro atoms. The van der Waals surface area contributed by atoms with Gasteiger partial charge in [0.1, 0.15) is 5.03 Å². The predicted octanol–water partition coefficient (Wildman–Crippen LogP) is 4.30. The summed E-state index contributed by atoms with van der Waals surface area (Å²) in [6.45, 7) is 4.48. The molecule has 1 saturated heterocycles. The van der Waals surface area contributed by atoms with Gasteiger partial charge in [0.05, 0.1) is 0 Å². The van der Waals surface area contributed by atoms with Crippen molar-refractivity contribution in [2.75, 3.05) is 26.2 Å². The van der Waals surface area contributed by atoms with Crippen LogP contribution in [-0.4, -0.2) is 46.9 Å². The van der Waals surface area contributed by atoms with Crippen molar-refractivity contribution in [2.24, 2.45) is 5.73 Å². The van der Waals surface area contributed by atoms with Gasteiger partial charge in [0.25, 0.3) is 0 Å². The molecule has 2 aromatic rings. The average Bonchev–Trinajstić information content (AvgIpc) is 2.86. The number of nitrogens with one attached hydrogen (secondary N) is 1. The van der Waals surface area contributed by atoms with Crippen LogP contribution in [0.25, 0.3) is 0 Å². The second-order valence-corrected chi connectivity index (χ2v) is 9.33.